The fourth-order valence-corrected chi connectivity index (χ4v) is 2.48. The van der Waals surface area contributed by atoms with Crippen LogP contribution in [0.1, 0.15) is 24.1 Å². The second-order valence-electron chi connectivity index (χ2n) is 4.52. The predicted molar refractivity (Wildman–Crippen MR) is 82.4 cm³/mol. The van der Waals surface area contributed by atoms with E-state index in [0.29, 0.717) is 5.02 Å². The number of pyridine rings is 1. The van der Waals surface area contributed by atoms with E-state index >= 15 is 0 Å². The van der Waals surface area contributed by atoms with Crippen molar-refractivity contribution in [2.75, 3.05) is 13.7 Å². The molecule has 3 nitrogen and oxygen atoms in total. The van der Waals surface area contributed by atoms with Gasteiger partial charge in [0.1, 0.15) is 5.75 Å². The minimum absolute atomic E-state index is 0.163. The number of aromatic nitrogens is 1. The molecule has 106 valence electrons. The molecule has 1 atom stereocenters. The first-order valence-electron chi connectivity index (χ1n) is 6.71. The van der Waals surface area contributed by atoms with E-state index in [2.05, 4.69) is 23.3 Å². The van der Waals surface area contributed by atoms with Crippen LogP contribution >= 0.6 is 11.6 Å². The van der Waals surface area contributed by atoms with E-state index in [4.69, 9.17) is 16.3 Å². The van der Waals surface area contributed by atoms with E-state index < -0.39 is 0 Å². The third-order valence-corrected chi connectivity index (χ3v) is 3.59. The number of nitrogens with zero attached hydrogens (tertiary/aromatic N) is 1. The Kier molecular flexibility index (Phi) is 5.39. The number of nitrogens with one attached hydrogen (secondary N) is 1. The highest BCUT2D eigenvalue weighted by Crippen LogP contribution is 2.29. The summed E-state index contributed by atoms with van der Waals surface area (Å²) in [6, 6.07) is 10.2. The summed E-state index contributed by atoms with van der Waals surface area (Å²) < 4.78 is 5.46. The molecule has 1 aromatic carbocycles. The molecule has 0 fully saturated rings. The van der Waals surface area contributed by atoms with Gasteiger partial charge in [-0.1, -0.05) is 36.7 Å². The van der Waals surface area contributed by atoms with Crippen molar-refractivity contribution >= 4 is 11.6 Å². The largest absolute Gasteiger partial charge is 0.496 e. The Bertz CT molecular complexity index is 560. The van der Waals surface area contributed by atoms with E-state index in [1.165, 1.54) is 0 Å². The van der Waals surface area contributed by atoms with E-state index in [1.54, 1.807) is 19.5 Å². The second-order valence-corrected chi connectivity index (χ2v) is 4.93. The molecule has 20 heavy (non-hydrogen) atoms. The molecule has 1 aromatic heterocycles. The van der Waals surface area contributed by atoms with Gasteiger partial charge < -0.3 is 10.1 Å². The first-order chi connectivity index (χ1) is 9.76. The van der Waals surface area contributed by atoms with Crippen molar-refractivity contribution in [1.82, 2.24) is 10.3 Å². The molecule has 0 spiro atoms. The normalized spacial score (nSPS) is 12.2. The number of benzene rings is 1. The summed E-state index contributed by atoms with van der Waals surface area (Å²) in [4.78, 5) is 4.03. The Hall–Kier alpha value is -1.58. The quantitative estimate of drug-likeness (QED) is 0.882. The smallest absolute Gasteiger partial charge is 0.123 e. The SMILES string of the molecule is CCNC(Cc1ccncc1Cl)c1ccccc1OC. The molecule has 2 rings (SSSR count). The number of hydrogen-bond donors (Lipinski definition) is 1. The zero-order chi connectivity index (χ0) is 14.4. The molecule has 0 bridgehead atoms. The monoisotopic (exact) mass is 290 g/mol. The van der Waals surface area contributed by atoms with E-state index in [1.807, 2.05) is 24.3 Å². The van der Waals surface area contributed by atoms with E-state index in [0.717, 1.165) is 29.8 Å². The third-order valence-electron chi connectivity index (χ3n) is 3.25. The number of rotatable bonds is 6. The topological polar surface area (TPSA) is 34.2 Å². The summed E-state index contributed by atoms with van der Waals surface area (Å²) in [5.41, 5.74) is 2.23. The van der Waals surface area contributed by atoms with Crippen LogP contribution in [-0.4, -0.2) is 18.6 Å². The predicted octanol–water partition coefficient (Wildman–Crippen LogP) is 3.64. The molecule has 1 unspecified atom stereocenters. The molecule has 0 aliphatic heterocycles. The summed E-state index contributed by atoms with van der Waals surface area (Å²) in [7, 11) is 1.70. The van der Waals surface area contributed by atoms with Crippen molar-refractivity contribution < 1.29 is 4.74 Å². The molecular formula is C16H19ClN2O. The standard InChI is InChI=1S/C16H19ClN2O/c1-3-19-15(10-12-8-9-18-11-14(12)17)13-6-4-5-7-16(13)20-2/h4-9,11,15,19H,3,10H2,1-2H3. The second kappa shape index (κ2) is 7.27. The van der Waals surface area contributed by atoms with Crippen LogP contribution < -0.4 is 10.1 Å². The highest BCUT2D eigenvalue weighted by Gasteiger charge is 2.16. The van der Waals surface area contributed by atoms with Gasteiger partial charge in [-0.25, -0.2) is 0 Å². The number of para-hydroxylation sites is 1. The van der Waals surface area contributed by atoms with Crippen molar-refractivity contribution in [3.63, 3.8) is 0 Å². The Balaban J connectivity index is 2.29. The minimum atomic E-state index is 0.163. The van der Waals surface area contributed by atoms with Crippen LogP contribution in [-0.2, 0) is 6.42 Å². The number of likely N-dealkylation sites (N-methyl/N-ethyl adjacent to an activating group) is 1. The summed E-state index contributed by atoms with van der Waals surface area (Å²) in [6.07, 6.45) is 4.25. The molecule has 1 N–H and O–H groups in total. The lowest BCUT2D eigenvalue weighted by Crippen LogP contribution is -2.23. The number of halogens is 1. The van der Waals surface area contributed by atoms with E-state index in [9.17, 15) is 0 Å². The van der Waals surface area contributed by atoms with Crippen LogP contribution in [0.5, 0.6) is 5.75 Å². The molecule has 2 aromatic rings. The van der Waals surface area contributed by atoms with Crippen LogP contribution in [0.25, 0.3) is 0 Å². The molecule has 0 amide bonds. The van der Waals surface area contributed by atoms with Gasteiger partial charge in [0.15, 0.2) is 0 Å². The fourth-order valence-electron chi connectivity index (χ4n) is 2.28. The van der Waals surface area contributed by atoms with Crippen LogP contribution in [0.3, 0.4) is 0 Å². The molecule has 0 aliphatic rings. The average molecular weight is 291 g/mol. The Morgan fingerprint density at radius 2 is 2.10 bits per heavy atom. The van der Waals surface area contributed by atoms with Crippen LogP contribution in [0.2, 0.25) is 5.02 Å². The average Bonchev–Trinajstić information content (AvgIpc) is 2.49. The van der Waals surface area contributed by atoms with Crippen molar-refractivity contribution in [1.29, 1.82) is 0 Å². The minimum Gasteiger partial charge on any atom is -0.496 e. The van der Waals surface area contributed by atoms with Crippen molar-refractivity contribution in [3.8, 4) is 5.75 Å². The first-order valence-corrected chi connectivity index (χ1v) is 7.08. The van der Waals surface area contributed by atoms with Gasteiger partial charge >= 0.3 is 0 Å². The van der Waals surface area contributed by atoms with Crippen LogP contribution in [0, 0.1) is 0 Å². The molecular weight excluding hydrogens is 272 g/mol. The highest BCUT2D eigenvalue weighted by atomic mass is 35.5. The summed E-state index contributed by atoms with van der Waals surface area (Å²) in [5.74, 6) is 0.892. The molecule has 4 heteroatoms. The van der Waals surface area contributed by atoms with Gasteiger partial charge in [-0.05, 0) is 30.7 Å². The Labute approximate surface area is 124 Å². The van der Waals surface area contributed by atoms with Gasteiger partial charge in [-0.15, -0.1) is 0 Å². The zero-order valence-corrected chi connectivity index (χ0v) is 12.5. The number of ether oxygens (including phenoxy) is 1. The molecule has 0 radical (unpaired) electrons. The van der Waals surface area contributed by atoms with Crippen LogP contribution in [0.4, 0.5) is 0 Å². The van der Waals surface area contributed by atoms with Crippen LogP contribution in [0.15, 0.2) is 42.7 Å². The fraction of sp³-hybridized carbons (Fsp3) is 0.312. The molecule has 1 heterocycles. The lowest BCUT2D eigenvalue weighted by Gasteiger charge is -2.21. The van der Waals surface area contributed by atoms with Gasteiger partial charge in [-0.2, -0.15) is 0 Å². The zero-order valence-electron chi connectivity index (χ0n) is 11.8. The van der Waals surface area contributed by atoms with Gasteiger partial charge in [-0.3, -0.25) is 4.98 Å². The lowest BCUT2D eigenvalue weighted by atomic mass is 9.98. The number of hydrogen-bond acceptors (Lipinski definition) is 3. The maximum atomic E-state index is 6.21. The molecule has 0 saturated carbocycles. The van der Waals surface area contributed by atoms with Gasteiger partial charge in [0.05, 0.1) is 12.1 Å². The highest BCUT2D eigenvalue weighted by molar-refractivity contribution is 6.31. The Morgan fingerprint density at radius 3 is 2.80 bits per heavy atom. The van der Waals surface area contributed by atoms with Gasteiger partial charge in [0.2, 0.25) is 0 Å². The van der Waals surface area contributed by atoms with Crippen molar-refractivity contribution in [2.24, 2.45) is 0 Å². The van der Waals surface area contributed by atoms with Crippen molar-refractivity contribution in [3.05, 3.63) is 58.9 Å². The summed E-state index contributed by atoms with van der Waals surface area (Å²) >= 11 is 6.21. The maximum absolute atomic E-state index is 6.21. The third kappa shape index (κ3) is 3.50. The van der Waals surface area contributed by atoms with E-state index in [-0.39, 0.29) is 6.04 Å². The first kappa shape index (κ1) is 14.8. The summed E-state index contributed by atoms with van der Waals surface area (Å²) in [6.45, 7) is 2.97. The lowest BCUT2D eigenvalue weighted by molar-refractivity contribution is 0.399. The maximum Gasteiger partial charge on any atom is 0.123 e. The van der Waals surface area contributed by atoms with Gasteiger partial charge in [0, 0.05) is 24.0 Å². The number of methoxy groups -OCH3 is 1. The summed E-state index contributed by atoms with van der Waals surface area (Å²) in [5, 5.41) is 4.19. The molecule has 0 aliphatic carbocycles. The van der Waals surface area contributed by atoms with Gasteiger partial charge in [0.25, 0.3) is 0 Å². The molecule has 0 saturated heterocycles. The van der Waals surface area contributed by atoms with Crippen molar-refractivity contribution in [2.45, 2.75) is 19.4 Å². The Morgan fingerprint density at radius 1 is 1.30 bits per heavy atom.